The molecule has 2 heteroatoms. The number of fused-ring (bicyclic) bond motifs is 1. The van der Waals surface area contributed by atoms with Crippen molar-refractivity contribution in [3.8, 4) is 0 Å². The van der Waals surface area contributed by atoms with Gasteiger partial charge >= 0.3 is 0 Å². The van der Waals surface area contributed by atoms with Crippen LogP contribution in [0.4, 0.5) is 0 Å². The second-order valence-electron chi connectivity index (χ2n) is 3.65. The molecular weight excluding hydrogens is 202 g/mol. The summed E-state index contributed by atoms with van der Waals surface area (Å²) in [5.74, 6) is 0. The molecule has 0 radical (unpaired) electrons. The molecule has 0 spiro atoms. The van der Waals surface area contributed by atoms with E-state index in [-0.39, 0.29) is 0 Å². The lowest BCUT2D eigenvalue weighted by atomic mass is 10.1. The van der Waals surface area contributed by atoms with Crippen LogP contribution < -0.4 is 0 Å². The fraction of sp³-hybridized carbons (Fsp3) is 0.154. The summed E-state index contributed by atoms with van der Waals surface area (Å²) >= 11 is 1.79. The molecule has 74 valence electrons. The van der Waals surface area contributed by atoms with Gasteiger partial charge in [-0.2, -0.15) is 0 Å². The molecule has 1 heterocycles. The van der Waals surface area contributed by atoms with Crippen molar-refractivity contribution in [3.05, 3.63) is 47.5 Å². The highest BCUT2D eigenvalue weighted by molar-refractivity contribution is 7.19. The molecule has 15 heavy (non-hydrogen) atoms. The first-order valence-electron chi connectivity index (χ1n) is 5.15. The number of benzene rings is 1. The van der Waals surface area contributed by atoms with Gasteiger partial charge in [0, 0.05) is 0 Å². The third-order valence-electron chi connectivity index (χ3n) is 2.58. The normalized spacial score (nSPS) is 15.6. The monoisotopic (exact) mass is 213 g/mol. The zero-order chi connectivity index (χ0) is 10.1. The molecule has 0 amide bonds. The minimum absolute atomic E-state index is 1.12. The first kappa shape index (κ1) is 8.86. The smallest absolute Gasteiger partial charge is 0.120 e. The summed E-state index contributed by atoms with van der Waals surface area (Å²) in [7, 11) is 0. The van der Waals surface area contributed by atoms with Crippen molar-refractivity contribution in [3.63, 3.8) is 0 Å². The molecule has 2 aromatic rings. The van der Waals surface area contributed by atoms with Crippen LogP contribution in [0.1, 0.15) is 17.8 Å². The van der Waals surface area contributed by atoms with Crippen molar-refractivity contribution >= 4 is 27.1 Å². The van der Waals surface area contributed by atoms with E-state index in [1.165, 1.54) is 15.3 Å². The Bertz CT molecular complexity index is 515. The Kier molecular flexibility index (Phi) is 2.14. The summed E-state index contributed by atoms with van der Waals surface area (Å²) in [6.45, 7) is 0. The SMILES string of the molecule is C1=CCCC(c2nc3ccccc3s2)=C1. The number of rotatable bonds is 1. The van der Waals surface area contributed by atoms with Crippen LogP contribution in [0, 0.1) is 0 Å². The van der Waals surface area contributed by atoms with Gasteiger partial charge in [-0.3, -0.25) is 0 Å². The number of nitrogens with zero attached hydrogens (tertiary/aromatic N) is 1. The summed E-state index contributed by atoms with van der Waals surface area (Å²) in [6.07, 6.45) is 8.78. The topological polar surface area (TPSA) is 12.9 Å². The number of hydrogen-bond acceptors (Lipinski definition) is 2. The van der Waals surface area contributed by atoms with Gasteiger partial charge in [-0.05, 0) is 30.5 Å². The van der Waals surface area contributed by atoms with Gasteiger partial charge in [-0.15, -0.1) is 11.3 Å². The quantitative estimate of drug-likeness (QED) is 0.697. The molecule has 1 aromatic carbocycles. The lowest BCUT2D eigenvalue weighted by Gasteiger charge is -2.03. The molecule has 1 nitrogen and oxygen atoms in total. The molecule has 1 aromatic heterocycles. The van der Waals surface area contributed by atoms with Crippen LogP contribution in [0.5, 0.6) is 0 Å². The third kappa shape index (κ3) is 1.61. The highest BCUT2D eigenvalue weighted by Crippen LogP contribution is 2.30. The summed E-state index contributed by atoms with van der Waals surface area (Å²) in [5, 5.41) is 1.18. The lowest BCUT2D eigenvalue weighted by molar-refractivity contribution is 1.05. The molecule has 0 saturated carbocycles. The number of allylic oxidation sites excluding steroid dienone is 4. The maximum atomic E-state index is 4.65. The summed E-state index contributed by atoms with van der Waals surface area (Å²) in [4.78, 5) is 4.65. The molecule has 0 N–H and O–H groups in total. The van der Waals surface area contributed by atoms with Crippen molar-refractivity contribution in [1.82, 2.24) is 4.98 Å². The Morgan fingerprint density at radius 3 is 2.93 bits per heavy atom. The van der Waals surface area contributed by atoms with Gasteiger partial charge < -0.3 is 0 Å². The highest BCUT2D eigenvalue weighted by Gasteiger charge is 2.08. The Morgan fingerprint density at radius 2 is 2.13 bits per heavy atom. The van der Waals surface area contributed by atoms with Gasteiger partial charge in [0.15, 0.2) is 0 Å². The standard InChI is InChI=1S/C13H11NS/c1-2-6-10(7-3-1)13-14-11-8-4-5-9-12(11)15-13/h1-2,4-6,8-9H,3,7H2. The van der Waals surface area contributed by atoms with Crippen LogP contribution in [0.3, 0.4) is 0 Å². The molecule has 1 aliphatic carbocycles. The van der Waals surface area contributed by atoms with Crippen molar-refractivity contribution in [2.75, 3.05) is 0 Å². The Balaban J connectivity index is 2.11. The lowest BCUT2D eigenvalue weighted by Crippen LogP contribution is -1.85. The highest BCUT2D eigenvalue weighted by atomic mass is 32.1. The fourth-order valence-corrected chi connectivity index (χ4v) is 2.81. The number of thiazole rings is 1. The van der Waals surface area contributed by atoms with Crippen LogP contribution in [0.15, 0.2) is 42.5 Å². The van der Waals surface area contributed by atoms with Crippen LogP contribution >= 0.6 is 11.3 Å². The van der Waals surface area contributed by atoms with Gasteiger partial charge in [-0.25, -0.2) is 4.98 Å². The van der Waals surface area contributed by atoms with Crippen molar-refractivity contribution in [2.45, 2.75) is 12.8 Å². The van der Waals surface area contributed by atoms with E-state index in [1.807, 2.05) is 6.07 Å². The zero-order valence-electron chi connectivity index (χ0n) is 8.31. The van der Waals surface area contributed by atoms with Crippen molar-refractivity contribution in [1.29, 1.82) is 0 Å². The third-order valence-corrected chi connectivity index (χ3v) is 3.69. The van der Waals surface area contributed by atoms with E-state index in [0.29, 0.717) is 0 Å². The molecule has 0 aliphatic heterocycles. The first-order valence-corrected chi connectivity index (χ1v) is 5.97. The number of para-hydroxylation sites is 1. The van der Waals surface area contributed by atoms with E-state index in [0.717, 1.165) is 18.4 Å². The van der Waals surface area contributed by atoms with Gasteiger partial charge in [0.25, 0.3) is 0 Å². The van der Waals surface area contributed by atoms with Crippen molar-refractivity contribution < 1.29 is 0 Å². The minimum atomic E-state index is 1.12. The second kappa shape index (κ2) is 3.63. The molecule has 0 saturated heterocycles. The maximum absolute atomic E-state index is 4.65. The van der Waals surface area contributed by atoms with E-state index in [2.05, 4.69) is 41.4 Å². The van der Waals surface area contributed by atoms with Gasteiger partial charge in [0.1, 0.15) is 5.01 Å². The van der Waals surface area contributed by atoms with E-state index >= 15 is 0 Å². The van der Waals surface area contributed by atoms with E-state index in [9.17, 15) is 0 Å². The predicted octanol–water partition coefficient (Wildman–Crippen LogP) is 4.03. The van der Waals surface area contributed by atoms with Crippen LogP contribution in [0.2, 0.25) is 0 Å². The molecule has 0 atom stereocenters. The molecule has 1 aliphatic rings. The first-order chi connectivity index (χ1) is 7.43. The zero-order valence-corrected chi connectivity index (χ0v) is 9.13. The van der Waals surface area contributed by atoms with Gasteiger partial charge in [-0.1, -0.05) is 30.4 Å². The van der Waals surface area contributed by atoms with Crippen LogP contribution in [-0.4, -0.2) is 4.98 Å². The molecule has 0 fully saturated rings. The maximum Gasteiger partial charge on any atom is 0.120 e. The Morgan fingerprint density at radius 1 is 1.20 bits per heavy atom. The molecule has 3 rings (SSSR count). The molecule has 0 bridgehead atoms. The number of aromatic nitrogens is 1. The van der Waals surface area contributed by atoms with Gasteiger partial charge in [0.05, 0.1) is 10.2 Å². The van der Waals surface area contributed by atoms with Crippen molar-refractivity contribution in [2.24, 2.45) is 0 Å². The van der Waals surface area contributed by atoms with E-state index in [4.69, 9.17) is 0 Å². The molecule has 0 unspecified atom stereocenters. The van der Waals surface area contributed by atoms with E-state index in [1.54, 1.807) is 11.3 Å². The number of hydrogen-bond donors (Lipinski definition) is 0. The molecular formula is C13H11NS. The summed E-state index contributed by atoms with van der Waals surface area (Å²) in [5.41, 5.74) is 2.49. The average molecular weight is 213 g/mol. The second-order valence-corrected chi connectivity index (χ2v) is 4.68. The minimum Gasteiger partial charge on any atom is -0.236 e. The average Bonchev–Trinajstić information content (AvgIpc) is 2.74. The van der Waals surface area contributed by atoms with Gasteiger partial charge in [0.2, 0.25) is 0 Å². The largest absolute Gasteiger partial charge is 0.236 e. The Hall–Kier alpha value is -1.41. The summed E-state index contributed by atoms with van der Waals surface area (Å²) in [6, 6.07) is 8.32. The van der Waals surface area contributed by atoms with Crippen LogP contribution in [0.25, 0.3) is 15.8 Å². The Labute approximate surface area is 92.8 Å². The van der Waals surface area contributed by atoms with Crippen LogP contribution in [-0.2, 0) is 0 Å². The van der Waals surface area contributed by atoms with E-state index < -0.39 is 0 Å². The fourth-order valence-electron chi connectivity index (χ4n) is 1.79. The predicted molar refractivity (Wildman–Crippen MR) is 66.0 cm³/mol. The summed E-state index contributed by atoms with van der Waals surface area (Å²) < 4.78 is 1.28.